The average Bonchev–Trinajstić information content (AvgIpc) is 1.61. The molecule has 0 aromatic rings. The van der Waals surface area contributed by atoms with E-state index in [1.54, 1.807) is 0 Å². The van der Waals surface area contributed by atoms with Crippen LogP contribution in [-0.4, -0.2) is 21.2 Å². The fourth-order valence-corrected chi connectivity index (χ4v) is 0.862. The predicted octanol–water partition coefficient (Wildman–Crippen LogP) is 0.746. The molecule has 0 aromatic carbocycles. The van der Waals surface area contributed by atoms with Gasteiger partial charge in [0, 0.05) is 0 Å². The van der Waals surface area contributed by atoms with Crippen LogP contribution >= 0.6 is 0 Å². The first-order valence-corrected chi connectivity index (χ1v) is 4.77. The Morgan fingerprint density at radius 3 is 2.67 bits per heavy atom. The van der Waals surface area contributed by atoms with E-state index in [0.717, 1.165) is 18.0 Å². The Morgan fingerprint density at radius 1 is 1.83 bits per heavy atom. The van der Waals surface area contributed by atoms with E-state index in [1.165, 1.54) is 0 Å². The number of carbonyl (C=O) groups excluding carboxylic acids is 1. The Hall–Kier alpha value is 0.189. The van der Waals surface area contributed by atoms with Gasteiger partial charge in [-0.25, -0.2) is 0 Å². The first kappa shape index (κ1) is 6.19. The van der Waals surface area contributed by atoms with Gasteiger partial charge < -0.3 is 0 Å². The van der Waals surface area contributed by atoms with E-state index < -0.39 is 0 Å². The van der Waals surface area contributed by atoms with Crippen LogP contribution in [0.2, 0.25) is 11.1 Å². The Kier molecular flexibility index (Phi) is 5.35. The molecule has 36 valence electrons. The quantitative estimate of drug-likeness (QED) is 0.330. The zero-order valence-electron chi connectivity index (χ0n) is 3.81. The van der Waals surface area contributed by atoms with Gasteiger partial charge >= 0.3 is 43.6 Å². The van der Waals surface area contributed by atoms with Crippen molar-refractivity contribution in [3.63, 3.8) is 0 Å². The molecular formula is C4H8OSe. The molecule has 0 saturated heterocycles. The van der Waals surface area contributed by atoms with Gasteiger partial charge in [-0.1, -0.05) is 0 Å². The van der Waals surface area contributed by atoms with Crippen molar-refractivity contribution in [2.45, 2.75) is 17.6 Å². The van der Waals surface area contributed by atoms with Gasteiger partial charge in [0.05, 0.1) is 0 Å². The molecule has 0 radical (unpaired) electrons. The third-order valence-electron chi connectivity index (χ3n) is 0.440. The van der Waals surface area contributed by atoms with Crippen molar-refractivity contribution in [1.82, 2.24) is 0 Å². The van der Waals surface area contributed by atoms with E-state index in [1.807, 2.05) is 0 Å². The molecule has 0 atom stereocenters. The maximum absolute atomic E-state index is 9.57. The molecule has 0 amide bonds. The second kappa shape index (κ2) is 5.19. The fraction of sp³-hybridized carbons (Fsp3) is 0.750. The van der Waals surface area contributed by atoms with Crippen LogP contribution in [0.25, 0.3) is 0 Å². The predicted molar refractivity (Wildman–Crippen MR) is 27.1 cm³/mol. The third kappa shape index (κ3) is 4.19. The first-order chi connectivity index (χ1) is 2.91. The molecular weight excluding hydrogens is 143 g/mol. The van der Waals surface area contributed by atoms with E-state index >= 15 is 0 Å². The summed E-state index contributed by atoms with van der Waals surface area (Å²) in [5.74, 6) is 2.14. The van der Waals surface area contributed by atoms with Crippen LogP contribution < -0.4 is 0 Å². The van der Waals surface area contributed by atoms with Gasteiger partial charge in [0.2, 0.25) is 0 Å². The van der Waals surface area contributed by atoms with E-state index in [4.69, 9.17) is 0 Å². The fourth-order valence-electron chi connectivity index (χ4n) is 0.166. The van der Waals surface area contributed by atoms with Crippen molar-refractivity contribution in [1.29, 1.82) is 0 Å². The molecule has 6 heavy (non-hydrogen) atoms. The van der Waals surface area contributed by atoms with Crippen molar-refractivity contribution in [3.8, 4) is 0 Å². The standard InChI is InChI=1S/C4H8OSe/c1-6-4-2-3-5/h3H,2,4H2,1H3. The Labute approximate surface area is 44.3 Å². The van der Waals surface area contributed by atoms with Crippen LogP contribution in [0.4, 0.5) is 0 Å². The topological polar surface area (TPSA) is 17.1 Å². The Morgan fingerprint density at radius 2 is 2.50 bits per heavy atom. The molecule has 0 aromatic heterocycles. The van der Waals surface area contributed by atoms with Gasteiger partial charge in [-0.05, 0) is 0 Å². The van der Waals surface area contributed by atoms with Gasteiger partial charge in [-0.15, -0.1) is 0 Å². The minimum absolute atomic E-state index is 0.695. The maximum atomic E-state index is 9.57. The molecule has 0 bridgehead atoms. The average molecular weight is 151 g/mol. The Balaban J connectivity index is 2.49. The molecule has 0 N–H and O–H groups in total. The monoisotopic (exact) mass is 152 g/mol. The van der Waals surface area contributed by atoms with Crippen LogP contribution in [0.3, 0.4) is 0 Å². The summed E-state index contributed by atoms with van der Waals surface area (Å²) in [7, 11) is 0. The molecule has 0 spiro atoms. The second-order valence-corrected chi connectivity index (χ2v) is 3.02. The molecule has 0 saturated carbocycles. The van der Waals surface area contributed by atoms with Crippen molar-refractivity contribution >= 4 is 21.2 Å². The van der Waals surface area contributed by atoms with E-state index in [-0.39, 0.29) is 0 Å². The number of hydrogen-bond acceptors (Lipinski definition) is 1. The second-order valence-electron chi connectivity index (χ2n) is 0.948. The van der Waals surface area contributed by atoms with Gasteiger partial charge in [0.1, 0.15) is 0 Å². The zero-order chi connectivity index (χ0) is 4.83. The molecule has 0 heterocycles. The molecule has 0 aliphatic heterocycles. The normalized spacial score (nSPS) is 8.17. The summed E-state index contributed by atoms with van der Waals surface area (Å²) in [6, 6.07) is 0. The van der Waals surface area contributed by atoms with Gasteiger partial charge in [0.25, 0.3) is 0 Å². The van der Waals surface area contributed by atoms with Gasteiger partial charge in [0.15, 0.2) is 0 Å². The third-order valence-corrected chi connectivity index (χ3v) is 1.79. The van der Waals surface area contributed by atoms with Crippen molar-refractivity contribution < 1.29 is 4.79 Å². The number of aldehydes is 1. The summed E-state index contributed by atoms with van der Waals surface area (Å²) >= 11 is 0.695. The number of hydrogen-bond donors (Lipinski definition) is 0. The van der Waals surface area contributed by atoms with E-state index in [2.05, 4.69) is 5.82 Å². The SMILES string of the molecule is C[Se]CCC=O. The van der Waals surface area contributed by atoms with Crippen LogP contribution in [-0.2, 0) is 4.79 Å². The Bertz CT molecular complexity index is 36.5. The molecule has 0 unspecified atom stereocenters. The van der Waals surface area contributed by atoms with Crippen LogP contribution in [0.1, 0.15) is 6.42 Å². The number of rotatable bonds is 3. The minimum atomic E-state index is 0.695. The molecule has 2 heteroatoms. The summed E-state index contributed by atoms with van der Waals surface area (Å²) in [6.07, 6.45) is 1.74. The van der Waals surface area contributed by atoms with E-state index in [0.29, 0.717) is 15.0 Å². The zero-order valence-corrected chi connectivity index (χ0v) is 5.52. The summed E-state index contributed by atoms with van der Waals surface area (Å²) in [4.78, 5) is 9.57. The molecule has 0 rings (SSSR count). The summed E-state index contributed by atoms with van der Waals surface area (Å²) in [6.45, 7) is 0. The first-order valence-electron chi connectivity index (χ1n) is 1.84. The van der Waals surface area contributed by atoms with Crippen LogP contribution in [0.5, 0.6) is 0 Å². The van der Waals surface area contributed by atoms with Crippen molar-refractivity contribution in [2.24, 2.45) is 0 Å². The molecule has 0 fully saturated rings. The van der Waals surface area contributed by atoms with E-state index in [9.17, 15) is 4.79 Å². The van der Waals surface area contributed by atoms with Crippen molar-refractivity contribution in [3.05, 3.63) is 0 Å². The van der Waals surface area contributed by atoms with Crippen LogP contribution in [0.15, 0.2) is 0 Å². The summed E-state index contributed by atoms with van der Waals surface area (Å²) in [5.41, 5.74) is 0. The van der Waals surface area contributed by atoms with Gasteiger partial charge in [-0.2, -0.15) is 0 Å². The van der Waals surface area contributed by atoms with Gasteiger partial charge in [-0.3, -0.25) is 0 Å². The molecule has 1 nitrogen and oxygen atoms in total. The summed E-state index contributed by atoms with van der Waals surface area (Å²) < 4.78 is 0. The molecule has 0 aliphatic rings. The van der Waals surface area contributed by atoms with Crippen LogP contribution in [0, 0.1) is 0 Å². The number of carbonyl (C=O) groups is 1. The van der Waals surface area contributed by atoms with Crippen molar-refractivity contribution in [2.75, 3.05) is 0 Å². The molecule has 0 aliphatic carbocycles. The summed E-state index contributed by atoms with van der Waals surface area (Å²) in [5, 5.41) is 1.11.